The summed E-state index contributed by atoms with van der Waals surface area (Å²) in [6.07, 6.45) is 9.32. The number of non-ortho nitro benzene ring substituents is 1. The number of nitro groups is 1. The summed E-state index contributed by atoms with van der Waals surface area (Å²) in [5, 5.41) is 13.5. The molecule has 7 heteroatoms. The number of ether oxygens (including phenoxy) is 1. The highest BCUT2D eigenvalue weighted by Gasteiger charge is 2.16. The van der Waals surface area contributed by atoms with E-state index in [1.165, 1.54) is 49.6 Å². The first kappa shape index (κ1) is 20.4. The number of rotatable bonds is 8. The van der Waals surface area contributed by atoms with E-state index >= 15 is 0 Å². The lowest BCUT2D eigenvalue weighted by Crippen LogP contribution is -2.36. The van der Waals surface area contributed by atoms with E-state index in [0.717, 1.165) is 25.3 Å². The Bertz CT molecular complexity index is 754. The van der Waals surface area contributed by atoms with Crippen LogP contribution in [0.15, 0.2) is 42.0 Å². The fraction of sp³-hybridized carbons (Fsp3) is 0.400. The fourth-order valence-electron chi connectivity index (χ4n) is 2.80. The summed E-state index contributed by atoms with van der Waals surface area (Å²) in [4.78, 5) is 34.1. The zero-order valence-corrected chi connectivity index (χ0v) is 15.3. The van der Waals surface area contributed by atoms with Gasteiger partial charge in [-0.1, -0.05) is 23.8 Å². The average Bonchev–Trinajstić information content (AvgIpc) is 2.67. The molecule has 0 aromatic heterocycles. The van der Waals surface area contributed by atoms with Crippen molar-refractivity contribution in [1.82, 2.24) is 5.32 Å². The van der Waals surface area contributed by atoms with Crippen LogP contribution in [0.1, 0.15) is 44.6 Å². The van der Waals surface area contributed by atoms with Crippen LogP contribution in [0.25, 0.3) is 6.08 Å². The summed E-state index contributed by atoms with van der Waals surface area (Å²) in [6.45, 7) is 2.03. The second-order valence-electron chi connectivity index (χ2n) is 6.41. The number of hydrogen-bond donors (Lipinski definition) is 1. The van der Waals surface area contributed by atoms with Crippen molar-refractivity contribution in [2.45, 2.75) is 45.1 Å². The minimum absolute atomic E-state index is 0.0636. The molecule has 1 atom stereocenters. The van der Waals surface area contributed by atoms with E-state index in [2.05, 4.69) is 11.4 Å². The van der Waals surface area contributed by atoms with Gasteiger partial charge in [0.25, 0.3) is 11.6 Å². The minimum atomic E-state index is -0.910. The van der Waals surface area contributed by atoms with Gasteiger partial charge in [0.15, 0.2) is 6.10 Å². The summed E-state index contributed by atoms with van der Waals surface area (Å²) in [7, 11) is 0. The van der Waals surface area contributed by atoms with Crippen LogP contribution >= 0.6 is 0 Å². The van der Waals surface area contributed by atoms with Crippen LogP contribution in [-0.4, -0.2) is 29.4 Å². The van der Waals surface area contributed by atoms with Crippen LogP contribution in [-0.2, 0) is 14.3 Å². The van der Waals surface area contributed by atoms with Gasteiger partial charge >= 0.3 is 5.97 Å². The van der Waals surface area contributed by atoms with Crippen molar-refractivity contribution < 1.29 is 19.2 Å². The molecule has 1 aliphatic carbocycles. The van der Waals surface area contributed by atoms with Gasteiger partial charge in [0, 0.05) is 24.8 Å². The van der Waals surface area contributed by atoms with Gasteiger partial charge in [-0.2, -0.15) is 0 Å². The van der Waals surface area contributed by atoms with Gasteiger partial charge in [0.1, 0.15) is 0 Å². The lowest BCUT2D eigenvalue weighted by Gasteiger charge is -2.15. The number of nitro benzene ring substituents is 1. The predicted octanol–water partition coefficient (Wildman–Crippen LogP) is 3.55. The standard InChI is InChI=1S/C20H24N2O5/c1-15(20(24)21-13-12-16-6-3-2-4-7-16)27-19(23)11-10-17-8-5-9-18(14-17)22(25)26/h5-6,8-11,14-15H,2-4,7,12-13H2,1H3,(H,21,24). The third kappa shape index (κ3) is 7.05. The van der Waals surface area contributed by atoms with Crippen molar-refractivity contribution >= 4 is 23.6 Å². The number of carbonyl (C=O) groups excluding carboxylic acids is 2. The Morgan fingerprint density at radius 2 is 2.19 bits per heavy atom. The normalized spacial score (nSPS) is 15.1. The number of hydrogen-bond acceptors (Lipinski definition) is 5. The molecule has 144 valence electrons. The molecule has 1 N–H and O–H groups in total. The molecule has 27 heavy (non-hydrogen) atoms. The van der Waals surface area contributed by atoms with Crippen molar-refractivity contribution in [2.75, 3.05) is 6.54 Å². The molecule has 7 nitrogen and oxygen atoms in total. The summed E-state index contributed by atoms with van der Waals surface area (Å²) in [5.41, 5.74) is 1.80. The largest absolute Gasteiger partial charge is 0.449 e. The summed E-state index contributed by atoms with van der Waals surface area (Å²) in [5.74, 6) is -1.03. The van der Waals surface area contributed by atoms with Crippen molar-refractivity contribution in [2.24, 2.45) is 0 Å². The third-order valence-electron chi connectivity index (χ3n) is 4.29. The molecule has 1 aliphatic rings. The molecular formula is C20H24N2O5. The highest BCUT2D eigenvalue weighted by molar-refractivity contribution is 5.90. The first-order valence-electron chi connectivity index (χ1n) is 9.04. The molecule has 0 saturated carbocycles. The van der Waals surface area contributed by atoms with E-state index in [9.17, 15) is 19.7 Å². The maximum atomic E-state index is 12.0. The van der Waals surface area contributed by atoms with E-state index in [4.69, 9.17) is 4.74 Å². The monoisotopic (exact) mass is 372 g/mol. The quantitative estimate of drug-likeness (QED) is 0.247. The second-order valence-corrected chi connectivity index (χ2v) is 6.41. The Hall–Kier alpha value is -2.96. The van der Waals surface area contributed by atoms with Crippen molar-refractivity contribution in [3.63, 3.8) is 0 Å². The number of nitrogens with one attached hydrogen (secondary N) is 1. The van der Waals surface area contributed by atoms with Crippen LogP contribution in [0, 0.1) is 10.1 Å². The van der Waals surface area contributed by atoms with Gasteiger partial charge in [-0.25, -0.2) is 4.79 Å². The van der Waals surface area contributed by atoms with Crippen LogP contribution in [0.3, 0.4) is 0 Å². The average molecular weight is 372 g/mol. The Morgan fingerprint density at radius 1 is 1.37 bits per heavy atom. The van der Waals surface area contributed by atoms with Crippen LogP contribution in [0.5, 0.6) is 0 Å². The SMILES string of the molecule is CC(OC(=O)C=Cc1cccc([N+](=O)[O-])c1)C(=O)NCCC1=CCCCC1. The Morgan fingerprint density at radius 3 is 2.89 bits per heavy atom. The molecular weight excluding hydrogens is 348 g/mol. The molecule has 0 bridgehead atoms. The Balaban J connectivity index is 1.76. The molecule has 1 aromatic carbocycles. The highest BCUT2D eigenvalue weighted by Crippen LogP contribution is 2.19. The summed E-state index contributed by atoms with van der Waals surface area (Å²) < 4.78 is 5.07. The zero-order chi connectivity index (χ0) is 19.6. The van der Waals surface area contributed by atoms with Gasteiger partial charge in [-0.3, -0.25) is 14.9 Å². The van der Waals surface area contributed by atoms with Crippen molar-refractivity contribution in [3.05, 3.63) is 57.7 Å². The van der Waals surface area contributed by atoms with E-state index in [1.807, 2.05) is 0 Å². The minimum Gasteiger partial charge on any atom is -0.449 e. The van der Waals surface area contributed by atoms with E-state index in [-0.39, 0.29) is 11.6 Å². The van der Waals surface area contributed by atoms with E-state index in [1.54, 1.807) is 6.07 Å². The first-order valence-corrected chi connectivity index (χ1v) is 9.04. The van der Waals surface area contributed by atoms with Gasteiger partial charge in [-0.15, -0.1) is 0 Å². The number of carbonyl (C=O) groups is 2. The molecule has 2 rings (SSSR count). The van der Waals surface area contributed by atoms with Crippen molar-refractivity contribution in [3.8, 4) is 0 Å². The number of amides is 1. The van der Waals surface area contributed by atoms with Crippen molar-refractivity contribution in [1.29, 1.82) is 0 Å². The Labute approximate surface area is 158 Å². The van der Waals surface area contributed by atoms with Gasteiger partial charge < -0.3 is 10.1 Å². The maximum absolute atomic E-state index is 12.0. The lowest BCUT2D eigenvalue weighted by molar-refractivity contribution is -0.384. The van der Waals surface area contributed by atoms with Crippen LogP contribution in [0.2, 0.25) is 0 Å². The molecule has 1 amide bonds. The number of nitrogens with zero attached hydrogens (tertiary/aromatic N) is 1. The Kier molecular flexibility index (Phi) is 7.73. The fourth-order valence-corrected chi connectivity index (χ4v) is 2.80. The van der Waals surface area contributed by atoms with E-state index in [0.29, 0.717) is 12.1 Å². The molecule has 0 saturated heterocycles. The zero-order valence-electron chi connectivity index (χ0n) is 15.3. The lowest BCUT2D eigenvalue weighted by atomic mass is 9.97. The van der Waals surface area contributed by atoms with Gasteiger partial charge in [0.2, 0.25) is 0 Å². The number of benzene rings is 1. The van der Waals surface area contributed by atoms with Crippen LogP contribution in [0.4, 0.5) is 5.69 Å². The molecule has 0 radical (unpaired) electrons. The summed E-state index contributed by atoms with van der Waals surface area (Å²) in [6, 6.07) is 5.87. The van der Waals surface area contributed by atoms with E-state index < -0.39 is 17.0 Å². The highest BCUT2D eigenvalue weighted by atomic mass is 16.6. The summed E-state index contributed by atoms with van der Waals surface area (Å²) >= 11 is 0. The molecule has 0 aliphatic heterocycles. The molecule has 0 heterocycles. The molecule has 0 fully saturated rings. The topological polar surface area (TPSA) is 98.5 Å². The van der Waals surface area contributed by atoms with Gasteiger partial charge in [-0.05, 0) is 50.7 Å². The maximum Gasteiger partial charge on any atom is 0.331 e. The molecule has 0 spiro atoms. The van der Waals surface area contributed by atoms with Gasteiger partial charge in [0.05, 0.1) is 4.92 Å². The third-order valence-corrected chi connectivity index (χ3v) is 4.29. The number of allylic oxidation sites excluding steroid dienone is 1. The predicted molar refractivity (Wildman–Crippen MR) is 102 cm³/mol. The second kappa shape index (κ2) is 10.3. The molecule has 1 unspecified atom stereocenters. The smallest absolute Gasteiger partial charge is 0.331 e. The molecule has 1 aromatic rings. The van der Waals surface area contributed by atoms with Crippen LogP contribution < -0.4 is 5.32 Å². The first-order chi connectivity index (χ1) is 13.0. The number of esters is 1.